The zero-order valence-electron chi connectivity index (χ0n) is 21.7. The summed E-state index contributed by atoms with van der Waals surface area (Å²) in [7, 11) is -2.65. The molecule has 1 aromatic carbocycles. The average molecular weight is 534 g/mol. The molecule has 0 aliphatic heterocycles. The summed E-state index contributed by atoms with van der Waals surface area (Å²) in [5, 5.41) is 0. The fourth-order valence-corrected chi connectivity index (χ4v) is 6.64. The van der Waals surface area contributed by atoms with Crippen LogP contribution in [0.5, 0.6) is 0 Å². The van der Waals surface area contributed by atoms with Gasteiger partial charge in [-0.15, -0.1) is 11.3 Å². The van der Waals surface area contributed by atoms with E-state index in [4.69, 9.17) is 9.47 Å². The van der Waals surface area contributed by atoms with Crippen molar-refractivity contribution in [1.82, 2.24) is 14.3 Å². The highest BCUT2D eigenvalue weighted by atomic mass is 32.2. The topological polar surface area (TPSA) is 99.5 Å². The third-order valence-corrected chi connectivity index (χ3v) is 8.35. The molecular formula is C26H35N3O5S2. The van der Waals surface area contributed by atoms with Gasteiger partial charge < -0.3 is 14.0 Å². The van der Waals surface area contributed by atoms with Crippen LogP contribution in [0, 0.1) is 5.92 Å². The van der Waals surface area contributed by atoms with Crippen molar-refractivity contribution in [1.29, 1.82) is 0 Å². The predicted molar refractivity (Wildman–Crippen MR) is 142 cm³/mol. The van der Waals surface area contributed by atoms with Gasteiger partial charge in [0.15, 0.2) is 0 Å². The predicted octanol–water partition coefficient (Wildman–Crippen LogP) is 5.22. The number of thiophene rings is 1. The van der Waals surface area contributed by atoms with Crippen molar-refractivity contribution in [3.63, 3.8) is 0 Å². The smallest absolute Gasteiger partial charge is 0.421 e. The molecular weight excluding hydrogens is 498 g/mol. The number of rotatable bonds is 10. The van der Waals surface area contributed by atoms with Gasteiger partial charge in [0, 0.05) is 41.9 Å². The molecule has 2 heterocycles. The van der Waals surface area contributed by atoms with Crippen molar-refractivity contribution in [2.45, 2.75) is 57.2 Å². The first kappa shape index (κ1) is 27.9. The van der Waals surface area contributed by atoms with Gasteiger partial charge in [0.05, 0.1) is 6.61 Å². The Hall–Kier alpha value is -2.69. The van der Waals surface area contributed by atoms with Gasteiger partial charge in [-0.3, -0.25) is 0 Å². The van der Waals surface area contributed by atoms with Crippen LogP contribution in [0.25, 0.3) is 11.1 Å². The molecule has 10 heteroatoms. The molecule has 1 amide bonds. The van der Waals surface area contributed by atoms with E-state index in [0.29, 0.717) is 18.0 Å². The number of methoxy groups -OCH3 is 1. The molecule has 8 nitrogen and oxygen atoms in total. The molecule has 36 heavy (non-hydrogen) atoms. The summed E-state index contributed by atoms with van der Waals surface area (Å²) in [6.07, 6.45) is 3.48. The fourth-order valence-electron chi connectivity index (χ4n) is 3.80. The molecule has 0 fully saturated rings. The van der Waals surface area contributed by atoms with Crippen LogP contribution in [0.3, 0.4) is 0 Å². The molecule has 0 radical (unpaired) electrons. The second-order valence-corrected chi connectivity index (χ2v) is 13.1. The van der Waals surface area contributed by atoms with Gasteiger partial charge in [-0.1, -0.05) is 58.9 Å². The number of nitrogens with zero attached hydrogens (tertiary/aromatic N) is 2. The third-order valence-electron chi connectivity index (χ3n) is 5.35. The van der Waals surface area contributed by atoms with E-state index in [2.05, 4.69) is 44.2 Å². The van der Waals surface area contributed by atoms with Crippen molar-refractivity contribution in [2.75, 3.05) is 20.3 Å². The average Bonchev–Trinajstić information content (AvgIpc) is 3.41. The minimum atomic E-state index is -4.12. The number of carbonyl (C=O) groups is 1. The Labute approximate surface area is 217 Å². The van der Waals surface area contributed by atoms with Crippen molar-refractivity contribution in [2.24, 2.45) is 5.92 Å². The summed E-state index contributed by atoms with van der Waals surface area (Å²) in [5.41, 5.74) is 2.33. The Bertz CT molecular complexity index is 1270. The molecule has 0 spiro atoms. The lowest BCUT2D eigenvalue weighted by Gasteiger charge is -2.20. The summed E-state index contributed by atoms with van der Waals surface area (Å²) >= 11 is 1.18. The Balaban J connectivity index is 1.89. The van der Waals surface area contributed by atoms with Crippen molar-refractivity contribution in [3.8, 4) is 11.1 Å². The van der Waals surface area contributed by atoms with Crippen LogP contribution in [0.4, 0.5) is 4.79 Å². The molecule has 0 atom stereocenters. The molecule has 0 saturated heterocycles. The first-order valence-electron chi connectivity index (χ1n) is 11.8. The highest BCUT2D eigenvalue weighted by molar-refractivity contribution is 7.92. The molecule has 3 aromatic rings. The molecule has 0 unspecified atom stereocenters. The van der Waals surface area contributed by atoms with Gasteiger partial charge >= 0.3 is 6.09 Å². The van der Waals surface area contributed by atoms with Crippen LogP contribution in [-0.2, 0) is 37.9 Å². The molecule has 1 N–H and O–H groups in total. The fraction of sp³-hybridized carbons (Fsp3) is 0.462. The molecule has 196 valence electrons. The minimum Gasteiger partial charge on any atom is -0.446 e. The first-order chi connectivity index (χ1) is 16.9. The molecule has 0 aliphatic carbocycles. The molecule has 3 rings (SSSR count). The zero-order valence-corrected chi connectivity index (χ0v) is 23.3. The number of ether oxygens (including phenoxy) is 2. The molecule has 2 aromatic heterocycles. The number of hydrogen-bond acceptors (Lipinski definition) is 7. The maximum Gasteiger partial charge on any atom is 0.421 e. The summed E-state index contributed by atoms with van der Waals surface area (Å²) in [6.45, 7) is 11.3. The summed E-state index contributed by atoms with van der Waals surface area (Å²) in [4.78, 5) is 17.5. The highest BCUT2D eigenvalue weighted by Gasteiger charge is 2.26. The number of carbonyl (C=O) groups excluding carboxylic acids is 1. The van der Waals surface area contributed by atoms with Gasteiger partial charge in [0.25, 0.3) is 10.0 Å². The van der Waals surface area contributed by atoms with E-state index in [9.17, 15) is 13.2 Å². The van der Waals surface area contributed by atoms with Crippen molar-refractivity contribution >= 4 is 27.5 Å². The van der Waals surface area contributed by atoms with Crippen LogP contribution in [0.2, 0.25) is 0 Å². The Kier molecular flexibility index (Phi) is 8.97. The number of benzene rings is 1. The lowest BCUT2D eigenvalue weighted by atomic mass is 9.95. The lowest BCUT2D eigenvalue weighted by molar-refractivity contribution is 0.102. The summed E-state index contributed by atoms with van der Waals surface area (Å²) in [6, 6.07) is 9.72. The number of hydrogen-bond donors (Lipinski definition) is 1. The quantitative estimate of drug-likeness (QED) is 0.359. The number of amides is 1. The Morgan fingerprint density at radius 1 is 1.17 bits per heavy atom. The summed E-state index contributed by atoms with van der Waals surface area (Å²) in [5.74, 6) is 1.35. The van der Waals surface area contributed by atoms with E-state index < -0.39 is 16.1 Å². The van der Waals surface area contributed by atoms with E-state index in [0.717, 1.165) is 28.2 Å². The van der Waals surface area contributed by atoms with Gasteiger partial charge in [-0.2, -0.15) is 0 Å². The second kappa shape index (κ2) is 11.6. The van der Waals surface area contributed by atoms with Crippen LogP contribution >= 0.6 is 11.3 Å². The zero-order chi connectivity index (χ0) is 26.5. The maximum absolute atomic E-state index is 13.1. The van der Waals surface area contributed by atoms with E-state index in [1.165, 1.54) is 18.4 Å². The second-order valence-electron chi connectivity index (χ2n) is 10.1. The van der Waals surface area contributed by atoms with Gasteiger partial charge in [-0.05, 0) is 29.5 Å². The van der Waals surface area contributed by atoms with Gasteiger partial charge in [-0.25, -0.2) is 22.9 Å². The normalized spacial score (nSPS) is 12.2. The maximum atomic E-state index is 13.1. The van der Waals surface area contributed by atoms with Crippen LogP contribution < -0.4 is 4.72 Å². The van der Waals surface area contributed by atoms with Gasteiger partial charge in [0.2, 0.25) is 0 Å². The molecule has 0 saturated carbocycles. The van der Waals surface area contributed by atoms with Gasteiger partial charge in [0.1, 0.15) is 16.6 Å². The SMILES string of the molecule is COCCOC(=O)NS(=O)(=O)c1sc(CC(C)C)cc1-c1ccc(Cn2ccnc2C(C)(C)C)cc1. The lowest BCUT2D eigenvalue weighted by Crippen LogP contribution is -2.31. The van der Waals surface area contributed by atoms with Crippen LogP contribution in [-0.4, -0.2) is 44.4 Å². The van der Waals surface area contributed by atoms with E-state index in [-0.39, 0.29) is 22.8 Å². The number of nitrogens with one attached hydrogen (secondary N) is 1. The van der Waals surface area contributed by atoms with E-state index >= 15 is 0 Å². The Morgan fingerprint density at radius 3 is 2.47 bits per heavy atom. The first-order valence-corrected chi connectivity index (χ1v) is 14.1. The van der Waals surface area contributed by atoms with Crippen LogP contribution in [0.1, 0.15) is 50.9 Å². The highest BCUT2D eigenvalue weighted by Crippen LogP contribution is 2.36. The number of aromatic nitrogens is 2. The standard InChI is InChI=1S/C26H35N3O5S2/c1-18(2)15-21-16-22(23(35-21)36(31,32)28-25(30)34-14-13-33-6)20-9-7-19(8-10-20)17-29-12-11-27-24(29)26(3,4)5/h7-12,16,18H,13-15,17H2,1-6H3,(H,28,30). The van der Waals surface area contributed by atoms with Crippen LogP contribution in [0.15, 0.2) is 46.9 Å². The number of sulfonamides is 1. The summed E-state index contributed by atoms with van der Waals surface area (Å²) < 4.78 is 40.2. The molecule has 0 aliphatic rings. The molecule has 0 bridgehead atoms. The van der Waals surface area contributed by atoms with E-state index in [1.807, 2.05) is 41.3 Å². The minimum absolute atomic E-state index is 0.0386. The van der Waals surface area contributed by atoms with E-state index in [1.54, 1.807) is 6.20 Å². The largest absolute Gasteiger partial charge is 0.446 e. The third kappa shape index (κ3) is 7.18. The Morgan fingerprint density at radius 2 is 1.86 bits per heavy atom. The van der Waals surface area contributed by atoms with Crippen molar-refractivity contribution < 1.29 is 22.7 Å². The number of imidazole rings is 1. The monoisotopic (exact) mass is 533 g/mol. The van der Waals surface area contributed by atoms with Crippen molar-refractivity contribution in [3.05, 3.63) is 59.0 Å².